The van der Waals surface area contributed by atoms with Crippen molar-refractivity contribution in [1.82, 2.24) is 19.0 Å². The molecular formula is C33H38N4O7S. The number of ether oxygens (including phenoxy) is 2. The van der Waals surface area contributed by atoms with E-state index in [9.17, 15) is 19.5 Å². The summed E-state index contributed by atoms with van der Waals surface area (Å²) in [6.07, 6.45) is 6.20. The Kier molecular flexibility index (Phi) is 8.21. The SMILES string of the molecule is C=C(C1CC1)N1CCC(OC(Cn2c(=O)n(C(C)(C)C(=O)O)c(=O)c3c(C)c(-c4ncco4)sc32)c2ccccc2OC)CC1. The molecule has 4 aromatic rings. The summed E-state index contributed by atoms with van der Waals surface area (Å²) in [5.74, 6) is 0.214. The zero-order valence-corrected chi connectivity index (χ0v) is 26.8. The van der Waals surface area contributed by atoms with Crippen LogP contribution in [-0.4, -0.2) is 56.4 Å². The number of thiophene rings is 1. The molecule has 6 rings (SSSR count). The molecule has 4 heterocycles. The molecule has 1 unspecified atom stereocenters. The first kappa shape index (κ1) is 30.8. The molecule has 2 fully saturated rings. The van der Waals surface area contributed by atoms with E-state index >= 15 is 0 Å². The molecule has 1 aliphatic carbocycles. The van der Waals surface area contributed by atoms with Crippen molar-refractivity contribution in [2.45, 2.75) is 70.7 Å². The summed E-state index contributed by atoms with van der Waals surface area (Å²) in [5, 5.41) is 10.3. The number of carbonyl (C=O) groups is 1. The van der Waals surface area contributed by atoms with Gasteiger partial charge in [0.2, 0.25) is 5.89 Å². The third-order valence-electron chi connectivity index (χ3n) is 9.01. The first-order valence-corrected chi connectivity index (χ1v) is 16.0. The highest BCUT2D eigenvalue weighted by Crippen LogP contribution is 2.40. The van der Waals surface area contributed by atoms with Crippen molar-refractivity contribution in [3.8, 4) is 16.5 Å². The lowest BCUT2D eigenvalue weighted by molar-refractivity contribution is -0.146. The van der Waals surface area contributed by atoms with E-state index in [-0.39, 0.29) is 18.0 Å². The third kappa shape index (κ3) is 5.61. The highest BCUT2D eigenvalue weighted by molar-refractivity contribution is 7.22. The van der Waals surface area contributed by atoms with Crippen molar-refractivity contribution in [1.29, 1.82) is 0 Å². The number of likely N-dealkylation sites (tertiary alicyclic amines) is 1. The van der Waals surface area contributed by atoms with Crippen molar-refractivity contribution >= 4 is 27.5 Å². The van der Waals surface area contributed by atoms with Crippen LogP contribution >= 0.6 is 11.3 Å². The number of hydrogen-bond donors (Lipinski definition) is 1. The molecule has 1 atom stereocenters. The van der Waals surface area contributed by atoms with Gasteiger partial charge in [-0.15, -0.1) is 11.3 Å². The van der Waals surface area contributed by atoms with Crippen LogP contribution < -0.4 is 16.0 Å². The van der Waals surface area contributed by atoms with E-state index < -0.39 is 28.9 Å². The molecule has 1 saturated carbocycles. The van der Waals surface area contributed by atoms with Gasteiger partial charge < -0.3 is 23.9 Å². The molecule has 11 nitrogen and oxygen atoms in total. The lowest BCUT2D eigenvalue weighted by Gasteiger charge is -2.36. The Morgan fingerprint density at radius 1 is 1.20 bits per heavy atom. The average molecular weight is 635 g/mol. The van der Waals surface area contributed by atoms with E-state index in [1.807, 2.05) is 24.3 Å². The standard InChI is InChI=1S/C33H38N4O7S/c1-19-26-29(38)37(33(3,4)31(39)40)32(41)36(30(26)45-27(19)28-34-14-17-43-28)18-25(23-8-6-7-9-24(23)42-5)44-22-12-15-35(16-13-22)20(2)21-10-11-21/h6-9,14,17,21-22,25H,2,10-13,15-16,18H2,1,3-5H3,(H,39,40). The number of piperidine rings is 1. The molecule has 0 bridgehead atoms. The van der Waals surface area contributed by atoms with Gasteiger partial charge >= 0.3 is 11.7 Å². The molecule has 3 aromatic heterocycles. The number of nitrogens with zero attached hydrogens (tertiary/aromatic N) is 4. The number of hydrogen-bond acceptors (Lipinski definition) is 9. The number of fused-ring (bicyclic) bond motifs is 1. The van der Waals surface area contributed by atoms with Crippen LogP contribution in [0.3, 0.4) is 0 Å². The maximum atomic E-state index is 14.3. The second-order valence-corrected chi connectivity index (χ2v) is 13.3. The smallest absolute Gasteiger partial charge is 0.333 e. The largest absolute Gasteiger partial charge is 0.496 e. The van der Waals surface area contributed by atoms with Crippen LogP contribution in [0.15, 0.2) is 63.0 Å². The summed E-state index contributed by atoms with van der Waals surface area (Å²) in [6.45, 7) is 10.5. The van der Waals surface area contributed by atoms with E-state index in [0.717, 1.165) is 36.1 Å². The van der Waals surface area contributed by atoms with Crippen molar-refractivity contribution in [3.63, 3.8) is 0 Å². The predicted octanol–water partition coefficient (Wildman–Crippen LogP) is 5.16. The molecule has 1 aliphatic heterocycles. The number of aryl methyl sites for hydroxylation is 1. The Balaban J connectivity index is 1.46. The van der Waals surface area contributed by atoms with Crippen LogP contribution in [-0.2, 0) is 21.6 Å². The van der Waals surface area contributed by atoms with Crippen molar-refractivity contribution in [2.24, 2.45) is 5.92 Å². The molecular weight excluding hydrogens is 596 g/mol. The molecule has 45 heavy (non-hydrogen) atoms. The van der Waals surface area contributed by atoms with Gasteiger partial charge in [-0.25, -0.2) is 19.1 Å². The maximum Gasteiger partial charge on any atom is 0.333 e. The van der Waals surface area contributed by atoms with Crippen molar-refractivity contribution in [2.75, 3.05) is 20.2 Å². The number of aromatic nitrogens is 3. The van der Waals surface area contributed by atoms with E-state index in [1.165, 1.54) is 60.8 Å². The lowest BCUT2D eigenvalue weighted by atomic mass is 10.0. The monoisotopic (exact) mass is 634 g/mol. The molecule has 2 aliphatic rings. The molecule has 1 aromatic carbocycles. The first-order valence-electron chi connectivity index (χ1n) is 15.2. The highest BCUT2D eigenvalue weighted by Gasteiger charge is 2.37. The quantitative estimate of drug-likeness (QED) is 0.238. The minimum absolute atomic E-state index is 0.0195. The maximum absolute atomic E-state index is 14.3. The third-order valence-corrected chi connectivity index (χ3v) is 10.3. The minimum Gasteiger partial charge on any atom is -0.496 e. The second-order valence-electron chi connectivity index (χ2n) is 12.3. The number of para-hydroxylation sites is 1. The van der Waals surface area contributed by atoms with Gasteiger partial charge in [-0.2, -0.15) is 0 Å². The Morgan fingerprint density at radius 2 is 1.91 bits per heavy atom. The zero-order chi connectivity index (χ0) is 32.0. The number of carboxylic acids is 1. The molecule has 1 N–H and O–H groups in total. The number of rotatable bonds is 11. The van der Waals surface area contributed by atoms with Crippen molar-refractivity contribution in [3.05, 3.63) is 81.0 Å². The van der Waals surface area contributed by atoms with Gasteiger partial charge in [0.15, 0.2) is 0 Å². The second kappa shape index (κ2) is 12.0. The van der Waals surface area contributed by atoms with Crippen LogP contribution in [0.5, 0.6) is 5.75 Å². The molecule has 12 heteroatoms. The van der Waals surface area contributed by atoms with Gasteiger partial charge in [0.1, 0.15) is 28.5 Å². The van der Waals surface area contributed by atoms with Crippen molar-refractivity contribution < 1.29 is 23.8 Å². The lowest BCUT2D eigenvalue weighted by Crippen LogP contribution is -2.52. The fourth-order valence-electron chi connectivity index (χ4n) is 6.13. The van der Waals surface area contributed by atoms with Gasteiger partial charge in [-0.05, 0) is 64.0 Å². The van der Waals surface area contributed by atoms with Gasteiger partial charge in [0.05, 0.1) is 36.2 Å². The van der Waals surface area contributed by atoms with Crippen LogP contribution in [0.4, 0.5) is 0 Å². The predicted molar refractivity (Wildman–Crippen MR) is 171 cm³/mol. The minimum atomic E-state index is -1.82. The van der Waals surface area contributed by atoms with Crippen LogP contribution in [0.1, 0.15) is 56.8 Å². The normalized spacial score (nSPS) is 16.7. The summed E-state index contributed by atoms with van der Waals surface area (Å²) >= 11 is 1.21. The molecule has 0 spiro atoms. The number of carboxylic acid groups (broad SMARTS) is 1. The van der Waals surface area contributed by atoms with Gasteiger partial charge in [-0.3, -0.25) is 9.36 Å². The number of benzene rings is 1. The van der Waals surface area contributed by atoms with E-state index in [0.29, 0.717) is 32.8 Å². The van der Waals surface area contributed by atoms with Gasteiger partial charge in [-0.1, -0.05) is 24.8 Å². The Hall–Kier alpha value is -4.16. The van der Waals surface area contributed by atoms with E-state index in [1.54, 1.807) is 14.0 Å². The molecule has 1 saturated heterocycles. The highest BCUT2D eigenvalue weighted by atomic mass is 32.1. The Bertz CT molecular complexity index is 1860. The number of allylic oxidation sites excluding steroid dienone is 1. The Morgan fingerprint density at radius 3 is 2.53 bits per heavy atom. The summed E-state index contributed by atoms with van der Waals surface area (Å²) in [5.41, 5.74) is -0.714. The fraction of sp³-hybridized carbons (Fsp3) is 0.455. The molecule has 0 amide bonds. The Labute approximate surface area is 264 Å². The summed E-state index contributed by atoms with van der Waals surface area (Å²) < 4.78 is 20.4. The summed E-state index contributed by atoms with van der Waals surface area (Å²) in [4.78, 5) is 48.2. The number of aliphatic carboxylic acids is 1. The van der Waals surface area contributed by atoms with Crippen LogP contribution in [0.2, 0.25) is 0 Å². The summed E-state index contributed by atoms with van der Waals surface area (Å²) in [6, 6.07) is 7.51. The van der Waals surface area contributed by atoms with Gasteiger partial charge in [0, 0.05) is 24.4 Å². The molecule has 0 radical (unpaired) electrons. The van der Waals surface area contributed by atoms with E-state index in [4.69, 9.17) is 13.9 Å². The van der Waals surface area contributed by atoms with Crippen LogP contribution in [0.25, 0.3) is 21.0 Å². The van der Waals surface area contributed by atoms with E-state index in [2.05, 4.69) is 16.5 Å². The molecule has 238 valence electrons. The first-order chi connectivity index (χ1) is 21.5. The number of methoxy groups -OCH3 is 1. The van der Waals surface area contributed by atoms with Crippen LogP contribution in [0, 0.1) is 12.8 Å². The van der Waals surface area contributed by atoms with Gasteiger partial charge in [0.25, 0.3) is 5.56 Å². The summed E-state index contributed by atoms with van der Waals surface area (Å²) in [7, 11) is 1.59. The average Bonchev–Trinajstić information content (AvgIpc) is 3.62. The number of oxazole rings is 1. The topological polar surface area (TPSA) is 129 Å². The zero-order valence-electron chi connectivity index (χ0n) is 25.9. The fourth-order valence-corrected chi connectivity index (χ4v) is 7.38.